The highest BCUT2D eigenvalue weighted by Gasteiger charge is 1.75. The van der Waals surface area contributed by atoms with Crippen LogP contribution in [0.15, 0.2) is 0 Å². The molecule has 1 nitrogen and oxygen atoms in total. The van der Waals surface area contributed by atoms with E-state index in [2.05, 4.69) is 11.7 Å². The zero-order chi connectivity index (χ0) is 4.83. The molecule has 0 saturated heterocycles. The van der Waals surface area contributed by atoms with Gasteiger partial charge in [-0.25, -0.2) is 0 Å². The summed E-state index contributed by atoms with van der Waals surface area (Å²) >= 11 is 5.42. The Morgan fingerprint density at radius 1 is 1.83 bits per heavy atom. The fraction of sp³-hybridized carbons (Fsp3) is 1.00. The topological polar surface area (TPSA) is 9.23 Å². The van der Waals surface area contributed by atoms with Gasteiger partial charge in [0.25, 0.3) is 0 Å². The summed E-state index contributed by atoms with van der Waals surface area (Å²) in [5.74, 6) is 0. The highest BCUT2D eigenvalue weighted by molar-refractivity contribution is 8.66. The molecule has 3 heteroatoms. The predicted octanol–water partition coefficient (Wildman–Crippen LogP) is 2.17. The molecule has 6 heavy (non-hydrogen) atoms. The van der Waals surface area contributed by atoms with E-state index in [-0.39, 0.29) is 0 Å². The summed E-state index contributed by atoms with van der Waals surface area (Å²) in [5.41, 5.74) is 0. The minimum Gasteiger partial charge on any atom is -0.304 e. The molecule has 0 amide bonds. The van der Waals surface area contributed by atoms with Gasteiger partial charge in [-0.15, -0.1) is 0 Å². The minimum absolute atomic E-state index is 0.772. The predicted molar refractivity (Wildman–Crippen MR) is 31.4 cm³/mol. The third-order valence-corrected chi connectivity index (χ3v) is 0.887. The first-order valence-electron chi connectivity index (χ1n) is 1.83. The van der Waals surface area contributed by atoms with Gasteiger partial charge in [0.2, 0.25) is 0 Å². The summed E-state index contributed by atoms with van der Waals surface area (Å²) in [4.78, 5) is 0. The number of hydrogen-bond acceptors (Lipinski definition) is 2. The first-order chi connectivity index (χ1) is 2.91. The molecular formula is C3H7OS2. The Hall–Kier alpha value is 0.660. The molecule has 0 spiro atoms. The molecule has 0 atom stereocenters. The molecule has 0 aliphatic rings. The van der Waals surface area contributed by atoms with Crippen LogP contribution >= 0.6 is 22.7 Å². The van der Waals surface area contributed by atoms with Crippen LogP contribution in [0.3, 0.4) is 0 Å². The molecule has 0 bridgehead atoms. The second-order valence-electron chi connectivity index (χ2n) is 0.890. The average Bonchev–Trinajstić information content (AvgIpc) is 1.61. The van der Waals surface area contributed by atoms with Crippen molar-refractivity contribution in [2.24, 2.45) is 0 Å². The molecule has 0 N–H and O–H groups in total. The average molecular weight is 123 g/mol. The van der Waals surface area contributed by atoms with Crippen molar-refractivity contribution in [3.05, 3.63) is 0 Å². The van der Waals surface area contributed by atoms with E-state index in [0.717, 1.165) is 24.1 Å². The van der Waals surface area contributed by atoms with Gasteiger partial charge >= 0.3 is 0 Å². The van der Waals surface area contributed by atoms with Crippen LogP contribution in [0.4, 0.5) is 0 Å². The van der Waals surface area contributed by atoms with E-state index >= 15 is 0 Å². The van der Waals surface area contributed by atoms with Crippen molar-refractivity contribution < 1.29 is 4.18 Å². The van der Waals surface area contributed by atoms with Gasteiger partial charge < -0.3 is 4.18 Å². The van der Waals surface area contributed by atoms with E-state index in [4.69, 9.17) is 4.18 Å². The molecule has 0 fully saturated rings. The lowest BCUT2D eigenvalue weighted by Gasteiger charge is -1.87. The maximum Gasteiger partial charge on any atom is 0.0749 e. The quantitative estimate of drug-likeness (QED) is 0.323. The van der Waals surface area contributed by atoms with Gasteiger partial charge in [-0.1, -0.05) is 6.92 Å². The molecule has 0 saturated carbocycles. The first kappa shape index (κ1) is 6.66. The van der Waals surface area contributed by atoms with Crippen LogP contribution in [0.1, 0.15) is 13.3 Å². The Morgan fingerprint density at radius 2 is 2.50 bits per heavy atom. The molecule has 0 aliphatic carbocycles. The van der Waals surface area contributed by atoms with E-state index in [0.29, 0.717) is 0 Å². The van der Waals surface area contributed by atoms with Gasteiger partial charge in [-0.2, -0.15) is 0 Å². The molecule has 0 rings (SSSR count). The summed E-state index contributed by atoms with van der Waals surface area (Å²) in [6.45, 7) is 2.82. The van der Waals surface area contributed by atoms with Crippen LogP contribution in [0, 0.1) is 0 Å². The molecule has 1 radical (unpaired) electrons. The smallest absolute Gasteiger partial charge is 0.0749 e. The molecule has 0 unspecified atom stereocenters. The Balaban J connectivity index is 2.34. The number of rotatable bonds is 3. The summed E-state index contributed by atoms with van der Waals surface area (Å²) in [6.07, 6.45) is 1.05. The van der Waals surface area contributed by atoms with Crippen LogP contribution in [0.5, 0.6) is 0 Å². The van der Waals surface area contributed by atoms with Crippen LogP contribution in [-0.4, -0.2) is 6.61 Å². The van der Waals surface area contributed by atoms with Gasteiger partial charge in [0.15, 0.2) is 0 Å². The zero-order valence-corrected chi connectivity index (χ0v) is 5.27. The molecule has 0 aromatic heterocycles. The highest BCUT2D eigenvalue weighted by Crippen LogP contribution is 2.05. The Labute approximate surface area is 47.5 Å². The molecule has 0 heterocycles. The van der Waals surface area contributed by atoms with Crippen LogP contribution in [0.25, 0.3) is 0 Å². The Morgan fingerprint density at radius 3 is 2.67 bits per heavy atom. The van der Waals surface area contributed by atoms with E-state index in [1.807, 2.05) is 6.92 Å². The van der Waals surface area contributed by atoms with Crippen molar-refractivity contribution in [2.75, 3.05) is 6.61 Å². The van der Waals surface area contributed by atoms with Crippen molar-refractivity contribution in [2.45, 2.75) is 13.3 Å². The van der Waals surface area contributed by atoms with Gasteiger partial charge in [0.05, 0.1) is 17.7 Å². The van der Waals surface area contributed by atoms with Crippen LogP contribution in [0.2, 0.25) is 0 Å². The minimum atomic E-state index is 0.772. The molecular weight excluding hydrogens is 116 g/mol. The Bertz CT molecular complexity index is 20.8. The standard InChI is InChI=1S/C3H7OS2/c1-2-3-4-6-5/h2-3H2,1H3. The van der Waals surface area contributed by atoms with Gasteiger partial charge in [0.1, 0.15) is 0 Å². The van der Waals surface area contributed by atoms with Crippen LogP contribution < -0.4 is 0 Å². The fourth-order valence-corrected chi connectivity index (χ4v) is 0.556. The second kappa shape index (κ2) is 5.66. The Kier molecular flexibility index (Phi) is 6.28. The maximum atomic E-state index is 4.71. The van der Waals surface area contributed by atoms with Crippen molar-refractivity contribution >= 4 is 22.7 Å². The van der Waals surface area contributed by atoms with Gasteiger partial charge in [-0.3, -0.25) is 0 Å². The SMILES string of the molecule is CCCOS[S]. The van der Waals surface area contributed by atoms with Crippen LogP contribution in [-0.2, 0) is 4.18 Å². The lowest BCUT2D eigenvalue weighted by atomic mass is 10.5. The van der Waals surface area contributed by atoms with E-state index in [9.17, 15) is 0 Å². The lowest BCUT2D eigenvalue weighted by Crippen LogP contribution is -1.76. The van der Waals surface area contributed by atoms with E-state index in [1.165, 1.54) is 0 Å². The number of hydrogen-bond donors (Lipinski definition) is 0. The molecule has 0 aromatic rings. The molecule has 37 valence electrons. The fourth-order valence-electron chi connectivity index (χ4n) is 0.117. The summed E-state index contributed by atoms with van der Waals surface area (Å²) in [5, 5.41) is 0. The second-order valence-corrected chi connectivity index (χ2v) is 1.67. The third kappa shape index (κ3) is 4.66. The normalized spacial score (nSPS) is 9.00. The van der Waals surface area contributed by atoms with Crippen molar-refractivity contribution in [1.82, 2.24) is 0 Å². The summed E-state index contributed by atoms with van der Waals surface area (Å²) in [6, 6.07) is 0. The van der Waals surface area contributed by atoms with Gasteiger partial charge in [-0.05, 0) is 6.42 Å². The molecule has 0 aliphatic heterocycles. The summed E-state index contributed by atoms with van der Waals surface area (Å²) < 4.78 is 4.71. The molecule has 0 aromatic carbocycles. The van der Waals surface area contributed by atoms with Crippen molar-refractivity contribution in [1.29, 1.82) is 0 Å². The van der Waals surface area contributed by atoms with Crippen molar-refractivity contribution in [3.8, 4) is 0 Å². The maximum absolute atomic E-state index is 4.71. The largest absolute Gasteiger partial charge is 0.304 e. The van der Waals surface area contributed by atoms with E-state index in [1.54, 1.807) is 0 Å². The van der Waals surface area contributed by atoms with Gasteiger partial charge in [0, 0.05) is 11.7 Å². The zero-order valence-electron chi connectivity index (χ0n) is 3.64. The lowest BCUT2D eigenvalue weighted by molar-refractivity contribution is 0.379. The third-order valence-electron chi connectivity index (χ3n) is 0.336. The summed E-state index contributed by atoms with van der Waals surface area (Å²) in [7, 11) is 0. The van der Waals surface area contributed by atoms with Crippen molar-refractivity contribution in [3.63, 3.8) is 0 Å². The highest BCUT2D eigenvalue weighted by atomic mass is 33.1. The first-order valence-corrected chi connectivity index (χ1v) is 3.50. The van der Waals surface area contributed by atoms with E-state index < -0.39 is 0 Å². The monoisotopic (exact) mass is 123 g/mol.